The lowest BCUT2D eigenvalue weighted by Crippen LogP contribution is -2.42. The molecule has 186 valence electrons. The predicted molar refractivity (Wildman–Crippen MR) is 134 cm³/mol. The van der Waals surface area contributed by atoms with Crippen molar-refractivity contribution in [1.82, 2.24) is 19.8 Å². The van der Waals surface area contributed by atoms with Gasteiger partial charge in [-0.25, -0.2) is 0 Å². The zero-order chi connectivity index (χ0) is 24.2. The first-order valence-electron chi connectivity index (χ1n) is 13.3. The molecule has 3 heterocycles. The topological polar surface area (TPSA) is 84.3 Å². The molecule has 7 nitrogen and oxygen atoms in total. The molecule has 3 fully saturated rings. The van der Waals surface area contributed by atoms with Crippen LogP contribution < -0.4 is 10.7 Å². The minimum atomic E-state index is -0.449. The monoisotopic (exact) mass is 476 g/mol. The van der Waals surface area contributed by atoms with Gasteiger partial charge in [-0.1, -0.05) is 38.2 Å². The number of piperidine rings is 1. The Morgan fingerprint density at radius 2 is 1.74 bits per heavy atom. The fraction of sp³-hybridized carbons (Fsp3) is 0.571. The van der Waals surface area contributed by atoms with Gasteiger partial charge in [0.25, 0.3) is 11.8 Å². The fourth-order valence-electron chi connectivity index (χ4n) is 6.06. The average Bonchev–Trinajstić information content (AvgIpc) is 3.49. The lowest BCUT2D eigenvalue weighted by atomic mass is 9.96. The molecular formula is C28H36N4O3. The second-order valence-corrected chi connectivity index (χ2v) is 10.5. The van der Waals surface area contributed by atoms with E-state index in [9.17, 15) is 14.4 Å². The summed E-state index contributed by atoms with van der Waals surface area (Å²) in [5, 5.41) is 3.12. The minimum absolute atomic E-state index is 0.0725. The molecule has 2 aromatic rings. The molecule has 1 saturated heterocycles. The molecule has 3 aliphatic rings. The van der Waals surface area contributed by atoms with E-state index in [-0.39, 0.29) is 35.0 Å². The van der Waals surface area contributed by atoms with Crippen LogP contribution in [0.25, 0.3) is 0 Å². The van der Waals surface area contributed by atoms with Crippen molar-refractivity contribution in [1.29, 1.82) is 0 Å². The number of pyridine rings is 2. The van der Waals surface area contributed by atoms with Crippen LogP contribution in [0.1, 0.15) is 90.6 Å². The summed E-state index contributed by atoms with van der Waals surface area (Å²) in [6.07, 6.45) is 16.6. The number of hydrogen-bond acceptors (Lipinski definition) is 4. The van der Waals surface area contributed by atoms with Gasteiger partial charge in [-0.2, -0.15) is 0 Å². The van der Waals surface area contributed by atoms with E-state index in [1.807, 2.05) is 27.7 Å². The van der Waals surface area contributed by atoms with Crippen LogP contribution in [0.2, 0.25) is 0 Å². The van der Waals surface area contributed by atoms with E-state index in [2.05, 4.69) is 10.3 Å². The third-order valence-electron chi connectivity index (χ3n) is 8.02. The van der Waals surface area contributed by atoms with Gasteiger partial charge in [0, 0.05) is 55.9 Å². The van der Waals surface area contributed by atoms with Crippen molar-refractivity contribution in [2.24, 2.45) is 5.92 Å². The zero-order valence-electron chi connectivity index (χ0n) is 20.5. The number of amides is 2. The van der Waals surface area contributed by atoms with Gasteiger partial charge in [-0.15, -0.1) is 0 Å². The SMILES string of the molecule is O=C(NC1CCCCCCC1)c1cn(CCc2ccccn2)cc(C(=O)N2CC3CCC2C3)c1=O. The molecule has 2 saturated carbocycles. The second kappa shape index (κ2) is 10.8. The van der Waals surface area contributed by atoms with Gasteiger partial charge in [-0.3, -0.25) is 19.4 Å². The summed E-state index contributed by atoms with van der Waals surface area (Å²) < 4.78 is 1.82. The predicted octanol–water partition coefficient (Wildman–Crippen LogP) is 3.95. The average molecular weight is 477 g/mol. The van der Waals surface area contributed by atoms with Crippen LogP contribution in [0.15, 0.2) is 41.6 Å². The van der Waals surface area contributed by atoms with Crippen molar-refractivity contribution in [3.05, 3.63) is 63.8 Å². The molecule has 0 spiro atoms. The Labute approximate surface area is 206 Å². The Kier molecular flexibility index (Phi) is 7.30. The highest BCUT2D eigenvalue weighted by molar-refractivity contribution is 5.99. The van der Waals surface area contributed by atoms with Crippen LogP contribution in [-0.4, -0.2) is 44.9 Å². The summed E-state index contributed by atoms with van der Waals surface area (Å²) in [6, 6.07) is 6.08. The zero-order valence-corrected chi connectivity index (χ0v) is 20.5. The molecule has 1 N–H and O–H groups in total. The molecule has 2 amide bonds. The van der Waals surface area contributed by atoms with E-state index in [0.29, 0.717) is 18.9 Å². The molecule has 2 aromatic heterocycles. The first-order valence-corrected chi connectivity index (χ1v) is 13.3. The molecule has 0 radical (unpaired) electrons. The number of hydrogen-bond donors (Lipinski definition) is 1. The number of nitrogens with zero attached hydrogens (tertiary/aromatic N) is 3. The van der Waals surface area contributed by atoms with Gasteiger partial charge >= 0.3 is 0 Å². The van der Waals surface area contributed by atoms with E-state index in [0.717, 1.165) is 57.2 Å². The molecule has 2 aliphatic carbocycles. The molecule has 2 bridgehead atoms. The maximum absolute atomic E-state index is 13.5. The van der Waals surface area contributed by atoms with Crippen molar-refractivity contribution in [2.75, 3.05) is 6.54 Å². The van der Waals surface area contributed by atoms with E-state index >= 15 is 0 Å². The van der Waals surface area contributed by atoms with Crippen molar-refractivity contribution < 1.29 is 9.59 Å². The summed E-state index contributed by atoms with van der Waals surface area (Å²) in [5.41, 5.74) is 0.666. The lowest BCUT2D eigenvalue weighted by Gasteiger charge is -2.27. The smallest absolute Gasteiger partial charge is 0.259 e. The van der Waals surface area contributed by atoms with Gasteiger partial charge < -0.3 is 14.8 Å². The maximum atomic E-state index is 13.5. The highest BCUT2D eigenvalue weighted by atomic mass is 16.2. The number of likely N-dealkylation sites (tertiary alicyclic amines) is 1. The minimum Gasteiger partial charge on any atom is -0.352 e. The van der Waals surface area contributed by atoms with Crippen molar-refractivity contribution in [3.8, 4) is 0 Å². The largest absolute Gasteiger partial charge is 0.352 e. The third-order valence-corrected chi connectivity index (χ3v) is 8.02. The Hall–Kier alpha value is -2.96. The highest BCUT2D eigenvalue weighted by Crippen LogP contribution is 2.37. The molecular weight excluding hydrogens is 440 g/mol. The lowest BCUT2D eigenvalue weighted by molar-refractivity contribution is 0.0701. The number of aromatic nitrogens is 2. The van der Waals surface area contributed by atoms with E-state index in [4.69, 9.17) is 0 Å². The molecule has 2 unspecified atom stereocenters. The van der Waals surface area contributed by atoms with Gasteiger partial charge in [-0.05, 0) is 50.2 Å². The number of aryl methyl sites for hydroxylation is 2. The Balaban J connectivity index is 1.41. The Bertz CT molecular complexity index is 1100. The number of nitrogens with one attached hydrogen (secondary N) is 1. The van der Waals surface area contributed by atoms with Crippen LogP contribution in [0, 0.1) is 5.92 Å². The molecule has 7 heteroatoms. The molecule has 0 aromatic carbocycles. The summed E-state index contributed by atoms with van der Waals surface area (Å²) >= 11 is 0. The number of carbonyl (C=O) groups excluding carboxylic acids is 2. The van der Waals surface area contributed by atoms with Gasteiger partial charge in [0.2, 0.25) is 5.43 Å². The number of rotatable bonds is 6. The maximum Gasteiger partial charge on any atom is 0.259 e. The normalized spacial score (nSPS) is 22.6. The van der Waals surface area contributed by atoms with Crippen LogP contribution >= 0.6 is 0 Å². The van der Waals surface area contributed by atoms with E-state index < -0.39 is 5.43 Å². The third kappa shape index (κ3) is 5.49. The molecule has 1 aliphatic heterocycles. The first kappa shape index (κ1) is 23.8. The van der Waals surface area contributed by atoms with Gasteiger partial charge in [0.05, 0.1) is 0 Å². The van der Waals surface area contributed by atoms with Gasteiger partial charge in [0.15, 0.2) is 0 Å². The molecule has 35 heavy (non-hydrogen) atoms. The van der Waals surface area contributed by atoms with Crippen LogP contribution in [0.5, 0.6) is 0 Å². The first-order chi connectivity index (χ1) is 17.1. The van der Waals surface area contributed by atoms with E-state index in [1.54, 1.807) is 18.6 Å². The molecule has 5 rings (SSSR count). The van der Waals surface area contributed by atoms with Crippen molar-refractivity contribution in [2.45, 2.75) is 89.3 Å². The quantitative estimate of drug-likeness (QED) is 0.684. The van der Waals surface area contributed by atoms with E-state index in [1.165, 1.54) is 19.3 Å². The summed E-state index contributed by atoms with van der Waals surface area (Å²) in [4.78, 5) is 46.5. The standard InChI is InChI=1S/C28H36N4O3/c33-26-24(27(34)30-22-9-4-2-1-3-5-10-22)18-31(15-13-21-8-6-7-14-29-21)19-25(26)28(35)32-17-20-11-12-23(32)16-20/h6-8,14,18-20,22-23H,1-5,9-13,15-17H2,(H,30,34). The Morgan fingerprint density at radius 1 is 0.971 bits per heavy atom. The Morgan fingerprint density at radius 3 is 2.43 bits per heavy atom. The highest BCUT2D eigenvalue weighted by Gasteiger charge is 2.41. The summed E-state index contributed by atoms with van der Waals surface area (Å²) in [7, 11) is 0. The number of fused-ring (bicyclic) bond motifs is 2. The van der Waals surface area contributed by atoms with Crippen molar-refractivity contribution in [3.63, 3.8) is 0 Å². The summed E-state index contributed by atoms with van der Waals surface area (Å²) in [6.45, 7) is 1.25. The second-order valence-electron chi connectivity index (χ2n) is 10.5. The van der Waals surface area contributed by atoms with Crippen LogP contribution in [-0.2, 0) is 13.0 Å². The number of carbonyl (C=O) groups is 2. The van der Waals surface area contributed by atoms with Crippen molar-refractivity contribution >= 4 is 11.8 Å². The summed E-state index contributed by atoms with van der Waals surface area (Å²) in [5.74, 6) is -0.0414. The van der Waals surface area contributed by atoms with Gasteiger partial charge in [0.1, 0.15) is 11.1 Å². The van der Waals surface area contributed by atoms with Crippen LogP contribution in [0.3, 0.4) is 0 Å². The fourth-order valence-corrected chi connectivity index (χ4v) is 6.06. The van der Waals surface area contributed by atoms with Crippen LogP contribution in [0.4, 0.5) is 0 Å². The molecule has 2 atom stereocenters.